The molecule has 2 atom stereocenters. The maximum absolute atomic E-state index is 12.6. The highest BCUT2D eigenvalue weighted by molar-refractivity contribution is 6.05. The lowest BCUT2D eigenvalue weighted by molar-refractivity contribution is -0.153. The summed E-state index contributed by atoms with van der Waals surface area (Å²) in [6, 6.07) is 8.89. The van der Waals surface area contributed by atoms with Crippen LogP contribution in [0.5, 0.6) is 5.75 Å². The molecule has 1 N–H and O–H groups in total. The molecule has 26 heavy (non-hydrogen) atoms. The molecule has 0 unspecified atom stereocenters. The fourth-order valence-corrected chi connectivity index (χ4v) is 2.80. The summed E-state index contributed by atoms with van der Waals surface area (Å²) in [5.41, 5.74) is 1.96. The molecule has 0 aliphatic rings. The number of aromatic amines is 1. The largest absolute Gasteiger partial charge is 0.479 e. The van der Waals surface area contributed by atoms with Gasteiger partial charge in [-0.25, -0.2) is 4.79 Å². The summed E-state index contributed by atoms with van der Waals surface area (Å²) in [4.78, 5) is 39.4. The first kappa shape index (κ1) is 19.4. The third kappa shape index (κ3) is 4.20. The van der Waals surface area contributed by atoms with Crippen molar-refractivity contribution in [2.24, 2.45) is 0 Å². The van der Waals surface area contributed by atoms with Crippen molar-refractivity contribution in [3.8, 4) is 5.75 Å². The van der Waals surface area contributed by atoms with Crippen LogP contribution >= 0.6 is 0 Å². The number of ether oxygens (including phenoxy) is 2. The van der Waals surface area contributed by atoms with E-state index >= 15 is 0 Å². The van der Waals surface area contributed by atoms with Gasteiger partial charge in [-0.05, 0) is 52.3 Å². The van der Waals surface area contributed by atoms with Crippen molar-refractivity contribution in [3.63, 3.8) is 0 Å². The van der Waals surface area contributed by atoms with Crippen LogP contribution in [0.2, 0.25) is 0 Å². The van der Waals surface area contributed by atoms with Gasteiger partial charge in [-0.2, -0.15) is 0 Å². The van der Waals surface area contributed by atoms with E-state index in [1.165, 1.54) is 13.8 Å². The zero-order valence-electron chi connectivity index (χ0n) is 15.6. The number of Topliss-reactive ketones (excluding diaryl/α,β-unsaturated/α-hetero) is 2. The predicted octanol–water partition coefficient (Wildman–Crippen LogP) is 3.42. The van der Waals surface area contributed by atoms with Gasteiger partial charge < -0.3 is 14.5 Å². The van der Waals surface area contributed by atoms with Gasteiger partial charge in [0.1, 0.15) is 5.75 Å². The molecule has 138 valence electrons. The van der Waals surface area contributed by atoms with Crippen molar-refractivity contribution in [2.45, 2.75) is 46.8 Å². The van der Waals surface area contributed by atoms with Crippen LogP contribution in [-0.2, 0) is 9.53 Å². The number of aryl methyl sites for hydroxylation is 1. The van der Waals surface area contributed by atoms with Crippen LogP contribution in [0.1, 0.15) is 52.9 Å². The van der Waals surface area contributed by atoms with E-state index in [2.05, 4.69) is 4.98 Å². The molecule has 0 amide bonds. The molecule has 0 aliphatic heterocycles. The minimum atomic E-state index is -0.999. The number of H-pyrrole nitrogens is 1. The monoisotopic (exact) mass is 357 g/mol. The molecule has 1 aromatic heterocycles. The van der Waals surface area contributed by atoms with Crippen LogP contribution in [0, 0.1) is 13.8 Å². The number of nitrogens with one attached hydrogen (secondary N) is 1. The number of carbonyl (C=O) groups excluding carboxylic acids is 3. The molecule has 2 rings (SSSR count). The number of hydrogen-bond acceptors (Lipinski definition) is 5. The Morgan fingerprint density at radius 1 is 1.00 bits per heavy atom. The lowest BCUT2D eigenvalue weighted by Gasteiger charge is -2.17. The van der Waals surface area contributed by atoms with Crippen LogP contribution < -0.4 is 4.74 Å². The zero-order valence-corrected chi connectivity index (χ0v) is 15.6. The van der Waals surface area contributed by atoms with Crippen molar-refractivity contribution in [3.05, 3.63) is 52.8 Å². The van der Waals surface area contributed by atoms with Gasteiger partial charge in [-0.3, -0.25) is 9.59 Å². The predicted molar refractivity (Wildman–Crippen MR) is 96.7 cm³/mol. The molecular formula is C20H23NO5. The summed E-state index contributed by atoms with van der Waals surface area (Å²) < 4.78 is 10.7. The summed E-state index contributed by atoms with van der Waals surface area (Å²) in [6.07, 6.45) is -1.85. The van der Waals surface area contributed by atoms with E-state index in [-0.39, 0.29) is 11.5 Å². The number of aromatic nitrogens is 1. The third-order valence-corrected chi connectivity index (χ3v) is 4.09. The van der Waals surface area contributed by atoms with Crippen LogP contribution in [0.3, 0.4) is 0 Å². The third-order valence-electron chi connectivity index (χ3n) is 4.09. The first-order valence-electron chi connectivity index (χ1n) is 8.38. The SMILES string of the molecule is CC(=O)c1c(C)[nH]c(C(=O)[C@H](C)OC(=O)[C@H](C)Oc2ccccc2)c1C. The Hall–Kier alpha value is -2.89. The number of benzene rings is 1. The number of carbonyl (C=O) groups is 3. The maximum Gasteiger partial charge on any atom is 0.347 e. The Kier molecular flexibility index (Phi) is 5.97. The average molecular weight is 357 g/mol. The van der Waals surface area contributed by atoms with Gasteiger partial charge in [-0.1, -0.05) is 18.2 Å². The highest BCUT2D eigenvalue weighted by Gasteiger charge is 2.28. The van der Waals surface area contributed by atoms with Gasteiger partial charge in [0.25, 0.3) is 0 Å². The van der Waals surface area contributed by atoms with Gasteiger partial charge in [0.2, 0.25) is 5.78 Å². The first-order valence-corrected chi connectivity index (χ1v) is 8.38. The Bertz CT molecular complexity index is 822. The zero-order chi connectivity index (χ0) is 19.4. The van der Waals surface area contributed by atoms with Gasteiger partial charge in [-0.15, -0.1) is 0 Å². The Morgan fingerprint density at radius 3 is 2.15 bits per heavy atom. The molecule has 0 saturated heterocycles. The van der Waals surface area contributed by atoms with E-state index in [1.807, 2.05) is 6.07 Å². The minimum absolute atomic E-state index is 0.121. The van der Waals surface area contributed by atoms with Crippen LogP contribution in [-0.4, -0.2) is 34.7 Å². The van der Waals surface area contributed by atoms with Crippen molar-refractivity contribution in [2.75, 3.05) is 0 Å². The number of rotatable bonds is 7. The fraction of sp³-hybridized carbons (Fsp3) is 0.350. The summed E-state index contributed by atoms with van der Waals surface area (Å²) in [5.74, 6) is -0.608. The fourth-order valence-electron chi connectivity index (χ4n) is 2.80. The number of esters is 1. The highest BCUT2D eigenvalue weighted by atomic mass is 16.6. The molecular weight excluding hydrogens is 334 g/mol. The number of hydrogen-bond donors (Lipinski definition) is 1. The van der Waals surface area contributed by atoms with Crippen molar-refractivity contribution >= 4 is 17.5 Å². The van der Waals surface area contributed by atoms with E-state index in [1.54, 1.807) is 45.0 Å². The molecule has 0 spiro atoms. The second kappa shape index (κ2) is 7.99. The molecule has 6 nitrogen and oxygen atoms in total. The topological polar surface area (TPSA) is 85.5 Å². The van der Waals surface area contributed by atoms with Gasteiger partial charge in [0.05, 0.1) is 5.69 Å². The normalized spacial score (nSPS) is 13.0. The quantitative estimate of drug-likeness (QED) is 0.606. The lowest BCUT2D eigenvalue weighted by Crippen LogP contribution is -2.33. The molecule has 0 aliphatic carbocycles. The molecule has 0 radical (unpaired) electrons. The molecule has 0 bridgehead atoms. The van der Waals surface area contributed by atoms with E-state index < -0.39 is 24.0 Å². The van der Waals surface area contributed by atoms with Gasteiger partial charge in [0.15, 0.2) is 18.0 Å². The number of ketones is 2. The van der Waals surface area contributed by atoms with E-state index in [9.17, 15) is 14.4 Å². The van der Waals surface area contributed by atoms with Crippen LogP contribution in [0.25, 0.3) is 0 Å². The van der Waals surface area contributed by atoms with E-state index in [4.69, 9.17) is 9.47 Å². The van der Waals surface area contributed by atoms with Crippen molar-refractivity contribution in [1.82, 2.24) is 4.98 Å². The molecule has 0 saturated carbocycles. The van der Waals surface area contributed by atoms with Gasteiger partial charge >= 0.3 is 5.97 Å². The lowest BCUT2D eigenvalue weighted by atomic mass is 10.0. The van der Waals surface area contributed by atoms with Crippen molar-refractivity contribution < 1.29 is 23.9 Å². The van der Waals surface area contributed by atoms with Crippen molar-refractivity contribution in [1.29, 1.82) is 0 Å². The number of para-hydroxylation sites is 1. The molecule has 1 heterocycles. The molecule has 6 heteroatoms. The first-order chi connectivity index (χ1) is 12.2. The van der Waals surface area contributed by atoms with Gasteiger partial charge in [0, 0.05) is 11.3 Å². The standard InChI is InChI=1S/C20H23NO5/c1-11-17(13(3)22)12(2)21-18(11)19(23)14(4)26-20(24)15(5)25-16-9-7-6-8-10-16/h6-10,14-15,21H,1-5H3/t14-,15-/m0/s1. The molecule has 1 aromatic carbocycles. The summed E-state index contributed by atoms with van der Waals surface area (Å²) in [5, 5.41) is 0. The summed E-state index contributed by atoms with van der Waals surface area (Å²) in [7, 11) is 0. The Balaban J connectivity index is 2.06. The Labute approximate surface area is 152 Å². The average Bonchev–Trinajstić information content (AvgIpc) is 2.89. The maximum atomic E-state index is 12.6. The second-order valence-corrected chi connectivity index (χ2v) is 6.20. The van der Waals surface area contributed by atoms with E-state index in [0.717, 1.165) is 0 Å². The highest BCUT2D eigenvalue weighted by Crippen LogP contribution is 2.21. The van der Waals surface area contributed by atoms with Crippen LogP contribution in [0.15, 0.2) is 30.3 Å². The summed E-state index contributed by atoms with van der Waals surface area (Å²) in [6.45, 7) is 7.93. The Morgan fingerprint density at radius 2 is 1.62 bits per heavy atom. The van der Waals surface area contributed by atoms with Crippen LogP contribution in [0.4, 0.5) is 0 Å². The molecule has 0 fully saturated rings. The minimum Gasteiger partial charge on any atom is -0.479 e. The second-order valence-electron chi connectivity index (χ2n) is 6.20. The van der Waals surface area contributed by atoms with E-state index in [0.29, 0.717) is 22.6 Å². The summed E-state index contributed by atoms with van der Waals surface area (Å²) >= 11 is 0. The smallest absolute Gasteiger partial charge is 0.347 e. The molecule has 2 aromatic rings.